The van der Waals surface area contributed by atoms with Crippen LogP contribution in [0.1, 0.15) is 24.8 Å². The summed E-state index contributed by atoms with van der Waals surface area (Å²) in [6.07, 6.45) is 2.68. The number of aliphatic carboxylic acids is 1. The van der Waals surface area contributed by atoms with Crippen molar-refractivity contribution in [1.29, 1.82) is 0 Å². The average Bonchev–Trinajstić information content (AvgIpc) is 2.98. The Morgan fingerprint density at radius 3 is 2.95 bits per heavy atom. The van der Waals surface area contributed by atoms with Crippen molar-refractivity contribution in [3.05, 3.63) is 38.3 Å². The second kappa shape index (κ2) is 5.62. The molecule has 1 saturated carbocycles. The van der Waals surface area contributed by atoms with Gasteiger partial charge in [0.25, 0.3) is 5.69 Å². The zero-order valence-corrected chi connectivity index (χ0v) is 13.6. The molecule has 1 N–H and O–H groups in total. The minimum Gasteiger partial charge on any atom is -0.481 e. The first kappa shape index (κ1) is 15.4. The van der Waals surface area contributed by atoms with Gasteiger partial charge in [-0.1, -0.05) is 12.5 Å². The van der Waals surface area contributed by atoms with Crippen LogP contribution in [0.4, 0.5) is 5.69 Å². The van der Waals surface area contributed by atoms with Crippen LogP contribution in [0.2, 0.25) is 0 Å². The second-order valence-corrected chi connectivity index (χ2v) is 7.12. The van der Waals surface area contributed by atoms with E-state index in [9.17, 15) is 20.0 Å². The van der Waals surface area contributed by atoms with Crippen LogP contribution in [0.15, 0.2) is 22.7 Å². The van der Waals surface area contributed by atoms with Crippen LogP contribution in [0, 0.1) is 21.4 Å². The molecular weight excluding hydrogens is 352 g/mol. The van der Waals surface area contributed by atoms with Crippen LogP contribution in [0.3, 0.4) is 0 Å². The summed E-state index contributed by atoms with van der Waals surface area (Å²) in [7, 11) is 0. The Kier molecular flexibility index (Phi) is 3.94. The molecule has 0 amide bonds. The molecule has 0 aromatic heterocycles. The highest BCUT2D eigenvalue weighted by molar-refractivity contribution is 9.10. The van der Waals surface area contributed by atoms with Crippen LogP contribution in [0.5, 0.6) is 0 Å². The first-order chi connectivity index (χ1) is 10.4. The number of halogens is 1. The van der Waals surface area contributed by atoms with Gasteiger partial charge >= 0.3 is 5.97 Å². The summed E-state index contributed by atoms with van der Waals surface area (Å²) in [5, 5.41) is 20.6. The number of hydrogen-bond donors (Lipinski definition) is 1. The fraction of sp³-hybridized carbons (Fsp3) is 0.533. The quantitative estimate of drug-likeness (QED) is 0.652. The molecule has 6 nitrogen and oxygen atoms in total. The number of fused-ring (bicyclic) bond motifs is 1. The maximum atomic E-state index is 11.7. The molecule has 7 heteroatoms. The molecule has 3 rings (SSSR count). The van der Waals surface area contributed by atoms with Gasteiger partial charge in [-0.2, -0.15) is 0 Å². The van der Waals surface area contributed by atoms with Gasteiger partial charge in [0.1, 0.15) is 0 Å². The Morgan fingerprint density at radius 2 is 2.32 bits per heavy atom. The fourth-order valence-electron chi connectivity index (χ4n) is 3.92. The van der Waals surface area contributed by atoms with E-state index in [2.05, 4.69) is 20.8 Å². The van der Waals surface area contributed by atoms with E-state index >= 15 is 0 Å². The van der Waals surface area contributed by atoms with Gasteiger partial charge in [-0.25, -0.2) is 0 Å². The Balaban J connectivity index is 1.77. The number of hydrogen-bond acceptors (Lipinski definition) is 4. The zero-order chi connectivity index (χ0) is 15.9. The van der Waals surface area contributed by atoms with E-state index in [1.54, 1.807) is 12.1 Å². The lowest BCUT2D eigenvalue weighted by Gasteiger charge is -2.23. The van der Waals surface area contributed by atoms with Gasteiger partial charge in [-0.3, -0.25) is 19.8 Å². The lowest BCUT2D eigenvalue weighted by Crippen LogP contribution is -2.35. The molecule has 1 aromatic carbocycles. The van der Waals surface area contributed by atoms with E-state index in [0.717, 1.165) is 31.4 Å². The number of nitro benzene ring substituents is 1. The molecule has 118 valence electrons. The second-order valence-electron chi connectivity index (χ2n) is 6.26. The molecule has 0 radical (unpaired) electrons. The van der Waals surface area contributed by atoms with Crippen molar-refractivity contribution < 1.29 is 14.8 Å². The molecule has 1 heterocycles. The summed E-state index contributed by atoms with van der Waals surface area (Å²) in [6.45, 7) is 1.85. The normalized spacial score (nSPS) is 27.8. The zero-order valence-electron chi connectivity index (χ0n) is 12.0. The molecule has 1 aliphatic heterocycles. The van der Waals surface area contributed by atoms with Crippen molar-refractivity contribution in [3.8, 4) is 0 Å². The molecular formula is C15H17BrN2O4. The van der Waals surface area contributed by atoms with Crippen molar-refractivity contribution in [2.75, 3.05) is 13.1 Å². The standard InChI is InChI=1S/C15H17BrN2O4/c16-12-4-3-10(6-13(12)18(21)22)7-17-8-11-2-1-5-15(11,9-17)14(19)20/h3-4,6,11H,1-2,5,7-9H2,(H,19,20)/t11-,15+/m0/s1. The lowest BCUT2D eigenvalue weighted by atomic mass is 9.81. The van der Waals surface area contributed by atoms with Crippen molar-refractivity contribution >= 4 is 27.6 Å². The van der Waals surface area contributed by atoms with Crippen LogP contribution in [-0.2, 0) is 11.3 Å². The molecule has 2 aliphatic rings. The number of nitrogens with zero attached hydrogens (tertiary/aromatic N) is 2. The molecule has 1 aliphatic carbocycles. The van der Waals surface area contributed by atoms with Crippen molar-refractivity contribution in [1.82, 2.24) is 4.90 Å². The highest BCUT2D eigenvalue weighted by Crippen LogP contribution is 2.49. The third kappa shape index (κ3) is 2.52. The van der Waals surface area contributed by atoms with Crippen molar-refractivity contribution in [2.45, 2.75) is 25.8 Å². The third-order valence-electron chi connectivity index (χ3n) is 4.98. The van der Waals surface area contributed by atoms with Gasteiger partial charge in [-0.05, 0) is 46.3 Å². The Bertz CT molecular complexity index is 636. The van der Waals surface area contributed by atoms with Crippen molar-refractivity contribution in [2.24, 2.45) is 11.3 Å². The molecule has 1 aromatic rings. The van der Waals surface area contributed by atoms with Crippen molar-refractivity contribution in [3.63, 3.8) is 0 Å². The van der Waals surface area contributed by atoms with E-state index in [1.165, 1.54) is 0 Å². The number of carboxylic acid groups (broad SMARTS) is 1. The van der Waals surface area contributed by atoms with E-state index in [4.69, 9.17) is 0 Å². The van der Waals surface area contributed by atoms with Gasteiger partial charge in [0.15, 0.2) is 0 Å². The Morgan fingerprint density at radius 1 is 1.55 bits per heavy atom. The number of rotatable bonds is 4. The summed E-state index contributed by atoms with van der Waals surface area (Å²) in [5.74, 6) is -0.491. The maximum Gasteiger partial charge on any atom is 0.311 e. The first-order valence-electron chi connectivity index (χ1n) is 7.31. The van der Waals surface area contributed by atoms with Gasteiger partial charge in [-0.15, -0.1) is 0 Å². The molecule has 2 atom stereocenters. The van der Waals surface area contributed by atoms with E-state index in [1.807, 2.05) is 6.07 Å². The summed E-state index contributed by atoms with van der Waals surface area (Å²) >= 11 is 3.18. The molecule has 22 heavy (non-hydrogen) atoms. The number of nitro groups is 1. The highest BCUT2D eigenvalue weighted by Gasteiger charge is 2.54. The smallest absolute Gasteiger partial charge is 0.311 e. The molecule has 0 bridgehead atoms. The lowest BCUT2D eigenvalue weighted by molar-refractivity contribution is -0.385. The van der Waals surface area contributed by atoms with Crippen LogP contribution in [-0.4, -0.2) is 34.0 Å². The van der Waals surface area contributed by atoms with Gasteiger partial charge in [0.2, 0.25) is 0 Å². The summed E-state index contributed by atoms with van der Waals surface area (Å²) in [4.78, 5) is 24.4. The minimum atomic E-state index is -0.695. The molecule has 0 unspecified atom stereocenters. The highest BCUT2D eigenvalue weighted by atomic mass is 79.9. The Hall–Kier alpha value is -1.47. The third-order valence-corrected chi connectivity index (χ3v) is 5.65. The average molecular weight is 369 g/mol. The predicted molar refractivity (Wildman–Crippen MR) is 83.5 cm³/mol. The predicted octanol–water partition coefficient (Wildman–Crippen LogP) is 3.04. The number of likely N-dealkylation sites (tertiary alicyclic amines) is 1. The summed E-state index contributed by atoms with van der Waals surface area (Å²) < 4.78 is 0.460. The largest absolute Gasteiger partial charge is 0.481 e. The maximum absolute atomic E-state index is 11.7. The van der Waals surface area contributed by atoms with Gasteiger partial charge in [0.05, 0.1) is 14.8 Å². The number of carbonyl (C=O) groups is 1. The van der Waals surface area contributed by atoms with Crippen LogP contribution >= 0.6 is 15.9 Å². The number of benzene rings is 1. The van der Waals surface area contributed by atoms with E-state index in [0.29, 0.717) is 17.6 Å². The Labute approximate surface area is 136 Å². The topological polar surface area (TPSA) is 83.7 Å². The summed E-state index contributed by atoms with van der Waals surface area (Å²) in [5.41, 5.74) is 0.279. The molecule has 1 saturated heterocycles. The van der Waals surface area contributed by atoms with Crippen LogP contribution < -0.4 is 0 Å². The van der Waals surface area contributed by atoms with Crippen LogP contribution in [0.25, 0.3) is 0 Å². The van der Waals surface area contributed by atoms with Gasteiger partial charge < -0.3 is 5.11 Å². The SMILES string of the molecule is O=C(O)[C@@]12CCC[C@H]1CN(Cc1ccc(Br)c([N+](=O)[O-])c1)C2. The fourth-order valence-corrected chi connectivity index (χ4v) is 4.31. The van der Waals surface area contributed by atoms with E-state index < -0.39 is 16.3 Å². The van der Waals surface area contributed by atoms with Gasteiger partial charge in [0, 0.05) is 25.7 Å². The molecule has 0 spiro atoms. The number of carboxylic acids is 1. The van der Waals surface area contributed by atoms with E-state index in [-0.39, 0.29) is 11.6 Å². The monoisotopic (exact) mass is 368 g/mol. The first-order valence-corrected chi connectivity index (χ1v) is 8.10. The minimum absolute atomic E-state index is 0.0461. The molecule has 2 fully saturated rings. The summed E-state index contributed by atoms with van der Waals surface area (Å²) in [6, 6.07) is 5.08.